The van der Waals surface area contributed by atoms with E-state index in [4.69, 9.17) is 9.47 Å². The molecule has 0 saturated carbocycles. The van der Waals surface area contributed by atoms with Gasteiger partial charge in [0.25, 0.3) is 0 Å². The molecule has 0 aliphatic carbocycles. The van der Waals surface area contributed by atoms with Crippen LogP contribution in [0.25, 0.3) is 0 Å². The quantitative estimate of drug-likeness (QED) is 0.486. The molecular weight excluding hydrogens is 347 g/mol. The van der Waals surface area contributed by atoms with E-state index in [9.17, 15) is 9.59 Å². The minimum atomic E-state index is -2.30. The number of ether oxygens (including phenoxy) is 2. The summed E-state index contributed by atoms with van der Waals surface area (Å²) in [6, 6.07) is 19.4. The lowest BCUT2D eigenvalue weighted by molar-refractivity contribution is -0.137. The molecule has 2 aromatic rings. The summed E-state index contributed by atoms with van der Waals surface area (Å²) in [5.74, 6) is -0.648. The third kappa shape index (κ3) is 4.56. The van der Waals surface area contributed by atoms with Crippen molar-refractivity contribution in [3.05, 3.63) is 60.7 Å². The third-order valence-corrected chi connectivity index (χ3v) is 7.92. The average Bonchev–Trinajstić information content (AvgIpc) is 2.62. The van der Waals surface area contributed by atoms with Crippen molar-refractivity contribution in [2.75, 3.05) is 26.5 Å². The van der Waals surface area contributed by atoms with Crippen LogP contribution in [0, 0.1) is 0 Å². The first-order valence-electron chi connectivity index (χ1n) is 7.24. The zero-order chi connectivity index (χ0) is 16.7. The van der Waals surface area contributed by atoms with Gasteiger partial charge in [-0.05, 0) is 24.3 Å². The molecule has 0 spiro atoms. The van der Waals surface area contributed by atoms with Crippen molar-refractivity contribution in [1.29, 1.82) is 0 Å². The summed E-state index contributed by atoms with van der Waals surface area (Å²) in [5, 5.41) is 1.98. The Balaban J connectivity index is 0.00000288. The van der Waals surface area contributed by atoms with Gasteiger partial charge in [-0.2, -0.15) is 0 Å². The Hall–Kier alpha value is -1.90. The summed E-state index contributed by atoms with van der Waals surface area (Å²) in [7, 11) is 0.437. The molecule has 0 N–H and O–H groups in total. The normalized spacial score (nSPS) is 10.4. The summed E-state index contributed by atoms with van der Waals surface area (Å²) in [5.41, 5.74) is 0. The van der Waals surface area contributed by atoms with Crippen LogP contribution >= 0.6 is 7.26 Å². The van der Waals surface area contributed by atoms with E-state index in [1.807, 2.05) is 60.7 Å². The summed E-state index contributed by atoms with van der Waals surface area (Å²) in [6.45, 7) is 0. The fourth-order valence-corrected chi connectivity index (χ4v) is 6.33. The van der Waals surface area contributed by atoms with E-state index in [1.165, 1.54) is 14.2 Å². The predicted molar refractivity (Wildman–Crippen MR) is 92.8 cm³/mol. The van der Waals surface area contributed by atoms with E-state index >= 15 is 0 Å². The molecule has 0 fully saturated rings. The Bertz CT molecular complexity index is 602. The summed E-state index contributed by atoms with van der Waals surface area (Å²) < 4.78 is 9.80. The summed E-state index contributed by atoms with van der Waals surface area (Å²) in [4.78, 5) is 24.2. The number of hydrogen-bond acceptors (Lipinski definition) is 4. The molecule has 2 rings (SSSR count). The largest absolute Gasteiger partial charge is 1.00 e. The number of carbonyl (C=O) groups excluding carboxylic acids is 2. The molecule has 0 heterocycles. The first-order chi connectivity index (χ1) is 11.1. The van der Waals surface area contributed by atoms with Crippen molar-refractivity contribution >= 4 is 29.8 Å². The molecule has 0 atom stereocenters. The van der Waals surface area contributed by atoms with Crippen molar-refractivity contribution in [1.82, 2.24) is 0 Å². The number of methoxy groups -OCH3 is 2. The highest BCUT2D eigenvalue weighted by atomic mass is 35.5. The van der Waals surface area contributed by atoms with Crippen LogP contribution in [0.15, 0.2) is 60.7 Å². The fourth-order valence-electron chi connectivity index (χ4n) is 2.57. The van der Waals surface area contributed by atoms with Gasteiger partial charge in [0.2, 0.25) is 0 Å². The maximum atomic E-state index is 12.1. The van der Waals surface area contributed by atoms with Crippen LogP contribution in [-0.4, -0.2) is 38.5 Å². The van der Waals surface area contributed by atoms with Gasteiger partial charge < -0.3 is 21.9 Å². The predicted octanol–water partition coefficient (Wildman–Crippen LogP) is -0.995. The van der Waals surface area contributed by atoms with Crippen LogP contribution in [0.1, 0.15) is 0 Å². The number of benzene rings is 2. The maximum absolute atomic E-state index is 12.1. The number of carbonyl (C=O) groups is 2. The van der Waals surface area contributed by atoms with Crippen molar-refractivity contribution in [2.45, 2.75) is 0 Å². The highest BCUT2D eigenvalue weighted by Gasteiger charge is 2.47. The van der Waals surface area contributed by atoms with Crippen molar-refractivity contribution < 1.29 is 31.5 Å². The Morgan fingerprint density at radius 1 is 0.750 bits per heavy atom. The highest BCUT2D eigenvalue weighted by molar-refractivity contribution is 7.90. The van der Waals surface area contributed by atoms with Crippen LogP contribution in [0.5, 0.6) is 0 Å². The molecule has 6 heteroatoms. The van der Waals surface area contributed by atoms with E-state index in [0.717, 1.165) is 10.6 Å². The number of rotatable bonds is 6. The molecule has 0 radical (unpaired) electrons. The molecule has 128 valence electrons. The fraction of sp³-hybridized carbons (Fsp3) is 0.222. The van der Waals surface area contributed by atoms with Crippen LogP contribution in [0.2, 0.25) is 0 Å². The molecule has 2 aromatic carbocycles. The van der Waals surface area contributed by atoms with Crippen LogP contribution in [0.4, 0.5) is 0 Å². The van der Waals surface area contributed by atoms with Crippen LogP contribution in [0.3, 0.4) is 0 Å². The zero-order valence-corrected chi connectivity index (χ0v) is 15.3. The minimum Gasteiger partial charge on any atom is -1.00 e. The Kier molecular flexibility index (Phi) is 7.90. The SMILES string of the molecule is COC(=O)C[P+](CC(=O)OC)(c1ccccc1)c1ccccc1.[Cl-]. The van der Waals surface area contributed by atoms with Crippen LogP contribution < -0.4 is 23.0 Å². The van der Waals surface area contributed by atoms with Gasteiger partial charge in [0, 0.05) is 0 Å². The molecule has 0 saturated heterocycles. The van der Waals surface area contributed by atoms with Crippen molar-refractivity contribution in [3.8, 4) is 0 Å². The average molecular weight is 367 g/mol. The molecule has 24 heavy (non-hydrogen) atoms. The lowest BCUT2D eigenvalue weighted by atomic mass is 10.4. The van der Waals surface area contributed by atoms with Gasteiger partial charge in [-0.3, -0.25) is 0 Å². The van der Waals surface area contributed by atoms with Gasteiger partial charge in [0.15, 0.2) is 12.3 Å². The second-order valence-corrected chi connectivity index (χ2v) is 8.71. The van der Waals surface area contributed by atoms with E-state index in [-0.39, 0.29) is 36.7 Å². The maximum Gasteiger partial charge on any atom is 0.344 e. The highest BCUT2D eigenvalue weighted by Crippen LogP contribution is 2.56. The monoisotopic (exact) mass is 366 g/mol. The molecule has 0 aromatic heterocycles. The number of halogens is 1. The van der Waals surface area contributed by atoms with E-state index < -0.39 is 7.26 Å². The third-order valence-electron chi connectivity index (χ3n) is 3.75. The lowest BCUT2D eigenvalue weighted by Gasteiger charge is -2.25. The second-order valence-electron chi connectivity index (χ2n) is 5.11. The zero-order valence-electron chi connectivity index (χ0n) is 13.6. The smallest absolute Gasteiger partial charge is 0.344 e. The van der Waals surface area contributed by atoms with Gasteiger partial charge in [0.05, 0.1) is 14.2 Å². The van der Waals surface area contributed by atoms with Gasteiger partial charge in [-0.1, -0.05) is 36.4 Å². The molecule has 0 aliphatic heterocycles. The second kappa shape index (κ2) is 9.41. The van der Waals surface area contributed by atoms with E-state index in [0.29, 0.717) is 0 Å². The molecule has 4 nitrogen and oxygen atoms in total. The molecule has 0 aliphatic rings. The van der Waals surface area contributed by atoms with E-state index in [1.54, 1.807) is 0 Å². The Morgan fingerprint density at radius 3 is 1.38 bits per heavy atom. The molecule has 0 amide bonds. The summed E-state index contributed by atoms with van der Waals surface area (Å²) >= 11 is 0. The standard InChI is InChI=1S/C18H20O4P.ClH/c1-21-17(19)13-23(14-18(20)22-2,15-9-5-3-6-10-15)16-11-7-4-8-12-16;/h3-12H,13-14H2,1-2H3;1H/q+1;/p-1. The van der Waals surface area contributed by atoms with Crippen LogP contribution in [-0.2, 0) is 19.1 Å². The number of hydrogen-bond donors (Lipinski definition) is 0. The summed E-state index contributed by atoms with van der Waals surface area (Å²) in [6.07, 6.45) is 0.346. The van der Waals surface area contributed by atoms with Gasteiger partial charge in [0.1, 0.15) is 17.9 Å². The van der Waals surface area contributed by atoms with Crippen molar-refractivity contribution in [2.24, 2.45) is 0 Å². The Labute approximate surface area is 148 Å². The molecule has 0 bridgehead atoms. The Morgan fingerprint density at radius 2 is 1.08 bits per heavy atom. The molecular formula is C18H20ClO4P. The number of esters is 2. The molecule has 0 unspecified atom stereocenters. The van der Waals surface area contributed by atoms with Gasteiger partial charge >= 0.3 is 11.9 Å². The van der Waals surface area contributed by atoms with Crippen molar-refractivity contribution in [3.63, 3.8) is 0 Å². The minimum absolute atomic E-state index is 0. The van der Waals surface area contributed by atoms with Gasteiger partial charge in [-0.15, -0.1) is 0 Å². The topological polar surface area (TPSA) is 52.6 Å². The first kappa shape index (κ1) is 20.1. The van der Waals surface area contributed by atoms with E-state index in [2.05, 4.69) is 0 Å². The lowest BCUT2D eigenvalue weighted by Crippen LogP contribution is -3.00. The first-order valence-corrected chi connectivity index (χ1v) is 9.40. The van der Waals surface area contributed by atoms with Gasteiger partial charge in [-0.25, -0.2) is 9.59 Å².